The SMILES string of the molecule is CCOc1cc(C(C)=O)cc(C#N)c1CC. The smallest absolute Gasteiger partial charge is 0.159 e. The van der Waals surface area contributed by atoms with Crippen molar-refractivity contribution in [1.29, 1.82) is 5.26 Å². The van der Waals surface area contributed by atoms with Crippen LogP contribution in [0.5, 0.6) is 5.75 Å². The highest BCUT2D eigenvalue weighted by atomic mass is 16.5. The van der Waals surface area contributed by atoms with Crippen molar-refractivity contribution in [2.75, 3.05) is 6.61 Å². The Morgan fingerprint density at radius 2 is 2.12 bits per heavy atom. The predicted molar refractivity (Wildman–Crippen MR) is 61.7 cm³/mol. The van der Waals surface area contributed by atoms with Crippen molar-refractivity contribution in [2.24, 2.45) is 0 Å². The normalized spacial score (nSPS) is 9.62. The van der Waals surface area contributed by atoms with Gasteiger partial charge in [0.25, 0.3) is 0 Å². The second-order valence-corrected chi connectivity index (χ2v) is 3.46. The lowest BCUT2D eigenvalue weighted by Gasteiger charge is -2.11. The Labute approximate surface area is 95.7 Å². The third-order valence-electron chi connectivity index (χ3n) is 2.39. The molecule has 84 valence electrons. The number of rotatable bonds is 4. The second kappa shape index (κ2) is 5.32. The molecule has 0 unspecified atom stereocenters. The number of hydrogen-bond acceptors (Lipinski definition) is 3. The number of ether oxygens (including phenoxy) is 1. The topological polar surface area (TPSA) is 50.1 Å². The van der Waals surface area contributed by atoms with Crippen molar-refractivity contribution in [3.8, 4) is 11.8 Å². The average Bonchev–Trinajstić information content (AvgIpc) is 2.28. The molecular formula is C13H15NO2. The summed E-state index contributed by atoms with van der Waals surface area (Å²) in [5.41, 5.74) is 1.92. The first-order chi connectivity index (χ1) is 7.63. The molecule has 0 aliphatic rings. The van der Waals surface area contributed by atoms with Crippen molar-refractivity contribution in [3.63, 3.8) is 0 Å². The molecule has 0 radical (unpaired) electrons. The van der Waals surface area contributed by atoms with Crippen molar-refractivity contribution in [2.45, 2.75) is 27.2 Å². The van der Waals surface area contributed by atoms with Gasteiger partial charge in [-0.25, -0.2) is 0 Å². The largest absolute Gasteiger partial charge is 0.494 e. The van der Waals surface area contributed by atoms with Gasteiger partial charge in [0.2, 0.25) is 0 Å². The summed E-state index contributed by atoms with van der Waals surface area (Å²) < 4.78 is 5.46. The number of hydrogen-bond donors (Lipinski definition) is 0. The predicted octanol–water partition coefficient (Wildman–Crippen LogP) is 2.72. The molecule has 0 bridgehead atoms. The molecule has 0 N–H and O–H groups in total. The Kier molecular flexibility index (Phi) is 4.07. The molecule has 0 aromatic heterocycles. The van der Waals surface area contributed by atoms with Crippen LogP contribution in [0.1, 0.15) is 42.3 Å². The molecular weight excluding hydrogens is 202 g/mol. The number of carbonyl (C=O) groups is 1. The van der Waals surface area contributed by atoms with Gasteiger partial charge in [-0.15, -0.1) is 0 Å². The highest BCUT2D eigenvalue weighted by Crippen LogP contribution is 2.25. The molecule has 0 aliphatic carbocycles. The molecule has 16 heavy (non-hydrogen) atoms. The zero-order valence-corrected chi connectivity index (χ0v) is 9.83. The molecule has 0 heterocycles. The second-order valence-electron chi connectivity index (χ2n) is 3.46. The van der Waals surface area contributed by atoms with Gasteiger partial charge in [0, 0.05) is 11.1 Å². The minimum absolute atomic E-state index is 0.0555. The van der Waals surface area contributed by atoms with Gasteiger partial charge in [0.05, 0.1) is 18.2 Å². The molecule has 0 aliphatic heterocycles. The fourth-order valence-corrected chi connectivity index (χ4v) is 1.60. The molecule has 1 aromatic rings. The Morgan fingerprint density at radius 3 is 2.56 bits per heavy atom. The number of ketones is 1. The number of Topliss-reactive ketones (excluding diaryl/α,β-unsaturated/α-hetero) is 1. The first kappa shape index (κ1) is 12.3. The lowest BCUT2D eigenvalue weighted by atomic mass is 10.00. The molecule has 3 nitrogen and oxygen atoms in total. The number of benzene rings is 1. The molecule has 1 aromatic carbocycles. The molecule has 0 amide bonds. The van der Waals surface area contributed by atoms with E-state index in [-0.39, 0.29) is 5.78 Å². The van der Waals surface area contributed by atoms with Crippen LogP contribution in [0.15, 0.2) is 12.1 Å². The van der Waals surface area contributed by atoms with Crippen LogP contribution < -0.4 is 4.74 Å². The number of nitrogens with zero attached hydrogens (tertiary/aromatic N) is 1. The monoisotopic (exact) mass is 217 g/mol. The summed E-state index contributed by atoms with van der Waals surface area (Å²) in [6.45, 7) is 5.86. The fourth-order valence-electron chi connectivity index (χ4n) is 1.60. The first-order valence-corrected chi connectivity index (χ1v) is 5.34. The van der Waals surface area contributed by atoms with E-state index < -0.39 is 0 Å². The molecule has 0 spiro atoms. The highest BCUT2D eigenvalue weighted by Gasteiger charge is 2.12. The molecule has 1 rings (SSSR count). The molecule has 0 saturated heterocycles. The van der Waals surface area contributed by atoms with Crippen LogP contribution in [0.25, 0.3) is 0 Å². The van der Waals surface area contributed by atoms with Crippen molar-refractivity contribution < 1.29 is 9.53 Å². The van der Waals surface area contributed by atoms with Crippen LogP contribution in [0.2, 0.25) is 0 Å². The van der Waals surface area contributed by atoms with E-state index in [1.54, 1.807) is 12.1 Å². The van der Waals surface area contributed by atoms with Crippen LogP contribution in [0.3, 0.4) is 0 Å². The van der Waals surface area contributed by atoms with Gasteiger partial charge in [-0.05, 0) is 32.4 Å². The summed E-state index contributed by atoms with van der Waals surface area (Å²) in [6, 6.07) is 5.45. The molecule has 3 heteroatoms. The lowest BCUT2D eigenvalue weighted by Crippen LogP contribution is -2.02. The van der Waals surface area contributed by atoms with E-state index in [9.17, 15) is 4.79 Å². The van der Waals surface area contributed by atoms with E-state index in [0.29, 0.717) is 23.5 Å². The van der Waals surface area contributed by atoms with Crippen molar-refractivity contribution >= 4 is 5.78 Å². The minimum atomic E-state index is -0.0555. The minimum Gasteiger partial charge on any atom is -0.494 e. The maximum Gasteiger partial charge on any atom is 0.159 e. The van der Waals surface area contributed by atoms with Crippen LogP contribution in [-0.4, -0.2) is 12.4 Å². The van der Waals surface area contributed by atoms with Gasteiger partial charge in [0.1, 0.15) is 5.75 Å². The molecule has 0 fully saturated rings. The van der Waals surface area contributed by atoms with Gasteiger partial charge in [-0.1, -0.05) is 6.92 Å². The first-order valence-electron chi connectivity index (χ1n) is 5.34. The summed E-state index contributed by atoms with van der Waals surface area (Å²) in [7, 11) is 0. The Morgan fingerprint density at radius 1 is 1.44 bits per heavy atom. The zero-order chi connectivity index (χ0) is 12.1. The molecule has 0 atom stereocenters. The van der Waals surface area contributed by atoms with Crippen molar-refractivity contribution in [3.05, 3.63) is 28.8 Å². The number of nitriles is 1. The summed E-state index contributed by atoms with van der Waals surface area (Å²) in [5.74, 6) is 0.592. The Bertz CT molecular complexity index is 444. The highest BCUT2D eigenvalue weighted by molar-refractivity contribution is 5.95. The Balaban J connectivity index is 3.38. The van der Waals surface area contributed by atoms with Crippen molar-refractivity contribution in [1.82, 2.24) is 0 Å². The summed E-state index contributed by atoms with van der Waals surface area (Å²) in [6.07, 6.45) is 0.719. The van der Waals surface area contributed by atoms with E-state index in [0.717, 1.165) is 12.0 Å². The maximum atomic E-state index is 11.3. The van der Waals surface area contributed by atoms with Crippen LogP contribution >= 0.6 is 0 Å². The zero-order valence-electron chi connectivity index (χ0n) is 9.83. The average molecular weight is 217 g/mol. The summed E-state index contributed by atoms with van der Waals surface area (Å²) in [5, 5.41) is 9.03. The van der Waals surface area contributed by atoms with E-state index in [1.807, 2.05) is 13.8 Å². The van der Waals surface area contributed by atoms with E-state index in [4.69, 9.17) is 10.00 Å². The standard InChI is InChI=1S/C13H15NO2/c1-4-12-11(8-14)6-10(9(3)15)7-13(12)16-5-2/h6-7H,4-5H2,1-3H3. The van der Waals surface area contributed by atoms with Gasteiger partial charge in [-0.2, -0.15) is 5.26 Å². The van der Waals surface area contributed by atoms with E-state index >= 15 is 0 Å². The third-order valence-corrected chi connectivity index (χ3v) is 2.39. The molecule has 0 saturated carbocycles. The summed E-state index contributed by atoms with van der Waals surface area (Å²) >= 11 is 0. The van der Waals surface area contributed by atoms with E-state index in [2.05, 4.69) is 6.07 Å². The summed E-state index contributed by atoms with van der Waals surface area (Å²) in [4.78, 5) is 11.3. The fraction of sp³-hybridized carbons (Fsp3) is 0.385. The number of carbonyl (C=O) groups excluding carboxylic acids is 1. The van der Waals surface area contributed by atoms with Gasteiger partial charge < -0.3 is 4.74 Å². The Hall–Kier alpha value is -1.82. The van der Waals surface area contributed by atoms with Crippen LogP contribution in [0, 0.1) is 11.3 Å². The van der Waals surface area contributed by atoms with Gasteiger partial charge in [0.15, 0.2) is 5.78 Å². The van der Waals surface area contributed by atoms with Crippen LogP contribution in [-0.2, 0) is 6.42 Å². The third kappa shape index (κ3) is 2.40. The quantitative estimate of drug-likeness (QED) is 0.728. The van der Waals surface area contributed by atoms with Crippen LogP contribution in [0.4, 0.5) is 0 Å². The van der Waals surface area contributed by atoms with Gasteiger partial charge in [-0.3, -0.25) is 4.79 Å². The van der Waals surface area contributed by atoms with E-state index in [1.165, 1.54) is 6.92 Å². The lowest BCUT2D eigenvalue weighted by molar-refractivity contribution is 0.101. The maximum absolute atomic E-state index is 11.3. The van der Waals surface area contributed by atoms with Gasteiger partial charge >= 0.3 is 0 Å².